The van der Waals surface area contributed by atoms with E-state index in [1.165, 1.54) is 50.7 Å². The second-order valence-corrected chi connectivity index (χ2v) is 6.78. The lowest BCUT2D eigenvalue weighted by atomic mass is 10.1. The Morgan fingerprint density at radius 1 is 1.20 bits per heavy atom. The Bertz CT molecular complexity index is 662. The molecule has 0 radical (unpaired) electrons. The lowest BCUT2D eigenvalue weighted by Gasteiger charge is -2.20. The molecular weight excluding hydrogens is 314 g/mol. The van der Waals surface area contributed by atoms with Crippen molar-refractivity contribution >= 4 is 5.91 Å². The van der Waals surface area contributed by atoms with E-state index in [4.69, 9.17) is 0 Å². The van der Waals surface area contributed by atoms with Gasteiger partial charge in [-0.1, -0.05) is 37.1 Å². The van der Waals surface area contributed by atoms with E-state index >= 15 is 0 Å². The monoisotopic (exact) mass is 341 g/mol. The van der Waals surface area contributed by atoms with Gasteiger partial charge < -0.3 is 5.32 Å². The van der Waals surface area contributed by atoms with Crippen LogP contribution in [0.5, 0.6) is 0 Å². The highest BCUT2D eigenvalue weighted by Crippen LogP contribution is 2.14. The molecule has 0 saturated carbocycles. The lowest BCUT2D eigenvalue weighted by molar-refractivity contribution is -0.124. The molecule has 2 heterocycles. The smallest absolute Gasteiger partial charge is 0.244 e. The Kier molecular flexibility index (Phi) is 6.17. The molecule has 3 rings (SSSR count). The molecule has 1 unspecified atom stereocenters. The van der Waals surface area contributed by atoms with Crippen LogP contribution in [0.15, 0.2) is 36.9 Å². The molecule has 1 N–H and O–H groups in total. The van der Waals surface area contributed by atoms with Crippen molar-refractivity contribution in [2.45, 2.75) is 51.7 Å². The van der Waals surface area contributed by atoms with Gasteiger partial charge in [0.15, 0.2) is 0 Å². The number of aromatic nitrogens is 3. The van der Waals surface area contributed by atoms with Gasteiger partial charge in [0.2, 0.25) is 5.91 Å². The normalized spacial score (nSPS) is 17.0. The first-order valence-electron chi connectivity index (χ1n) is 9.14. The van der Waals surface area contributed by atoms with Crippen molar-refractivity contribution in [3.63, 3.8) is 0 Å². The maximum absolute atomic E-state index is 12.2. The first-order chi connectivity index (χ1) is 12.2. The quantitative estimate of drug-likeness (QED) is 0.877. The number of benzene rings is 1. The third-order valence-electron chi connectivity index (χ3n) is 4.78. The Hall–Kier alpha value is -2.21. The van der Waals surface area contributed by atoms with Gasteiger partial charge >= 0.3 is 0 Å². The molecule has 1 aliphatic rings. The zero-order valence-corrected chi connectivity index (χ0v) is 14.9. The minimum absolute atomic E-state index is 0.0524. The summed E-state index contributed by atoms with van der Waals surface area (Å²) >= 11 is 0. The van der Waals surface area contributed by atoms with Crippen LogP contribution in [0.4, 0.5) is 0 Å². The van der Waals surface area contributed by atoms with Gasteiger partial charge in [-0.3, -0.25) is 9.69 Å². The number of hydrogen-bond acceptors (Lipinski definition) is 4. The number of carbonyl (C=O) groups excluding carboxylic acids is 1. The van der Waals surface area contributed by atoms with Crippen molar-refractivity contribution in [1.82, 2.24) is 25.0 Å². The molecule has 2 aromatic rings. The number of rotatable bonds is 6. The Morgan fingerprint density at radius 3 is 2.68 bits per heavy atom. The van der Waals surface area contributed by atoms with Gasteiger partial charge in [0.1, 0.15) is 18.7 Å². The van der Waals surface area contributed by atoms with Crippen LogP contribution in [0.1, 0.15) is 49.8 Å². The molecule has 1 aliphatic heterocycles. The van der Waals surface area contributed by atoms with Gasteiger partial charge in [-0.15, -0.1) is 0 Å². The zero-order chi connectivity index (χ0) is 17.5. The lowest BCUT2D eigenvalue weighted by Crippen LogP contribution is -2.31. The summed E-state index contributed by atoms with van der Waals surface area (Å²) in [7, 11) is 0. The maximum atomic E-state index is 12.2. The molecule has 0 spiro atoms. The van der Waals surface area contributed by atoms with E-state index in [1.807, 2.05) is 6.92 Å². The van der Waals surface area contributed by atoms with Crippen LogP contribution in [0.25, 0.3) is 0 Å². The maximum Gasteiger partial charge on any atom is 0.244 e. The fourth-order valence-electron chi connectivity index (χ4n) is 3.26. The Labute approximate surface area is 149 Å². The highest BCUT2D eigenvalue weighted by molar-refractivity contribution is 5.79. The highest BCUT2D eigenvalue weighted by atomic mass is 16.2. The molecule has 1 amide bonds. The van der Waals surface area contributed by atoms with Crippen LogP contribution in [-0.4, -0.2) is 38.7 Å². The summed E-state index contributed by atoms with van der Waals surface area (Å²) in [4.78, 5) is 18.7. The largest absolute Gasteiger partial charge is 0.350 e. The van der Waals surface area contributed by atoms with Crippen molar-refractivity contribution in [3.8, 4) is 0 Å². The fourth-order valence-corrected chi connectivity index (χ4v) is 3.26. The number of carbonyl (C=O) groups is 1. The molecule has 1 aromatic carbocycles. The first kappa shape index (κ1) is 17.6. The third-order valence-corrected chi connectivity index (χ3v) is 4.78. The minimum atomic E-state index is -0.359. The second kappa shape index (κ2) is 8.76. The van der Waals surface area contributed by atoms with Crippen LogP contribution in [-0.2, 0) is 17.9 Å². The predicted octanol–water partition coefficient (Wildman–Crippen LogP) is 2.53. The number of nitrogens with one attached hydrogen (secondary N) is 1. The minimum Gasteiger partial charge on any atom is -0.350 e. The van der Waals surface area contributed by atoms with E-state index in [0.717, 1.165) is 12.1 Å². The van der Waals surface area contributed by atoms with E-state index in [1.54, 1.807) is 11.0 Å². The SMILES string of the molecule is CC(C(=O)NCc1cccc(CN2CCCCCC2)c1)n1cncn1. The zero-order valence-electron chi connectivity index (χ0n) is 14.9. The summed E-state index contributed by atoms with van der Waals surface area (Å²) < 4.78 is 1.56. The van der Waals surface area contributed by atoms with E-state index in [2.05, 4.69) is 44.6 Å². The van der Waals surface area contributed by atoms with Gasteiger partial charge in [-0.2, -0.15) is 5.10 Å². The molecule has 6 heteroatoms. The van der Waals surface area contributed by atoms with Crippen LogP contribution in [0.2, 0.25) is 0 Å². The summed E-state index contributed by atoms with van der Waals surface area (Å²) in [5.74, 6) is -0.0524. The van der Waals surface area contributed by atoms with E-state index in [-0.39, 0.29) is 11.9 Å². The molecule has 1 saturated heterocycles. The molecule has 1 fully saturated rings. The van der Waals surface area contributed by atoms with Crippen LogP contribution in [0, 0.1) is 0 Å². The molecule has 0 aliphatic carbocycles. The van der Waals surface area contributed by atoms with Gasteiger partial charge in [-0.05, 0) is 44.0 Å². The van der Waals surface area contributed by atoms with E-state index < -0.39 is 0 Å². The van der Waals surface area contributed by atoms with Crippen LogP contribution in [0.3, 0.4) is 0 Å². The van der Waals surface area contributed by atoms with Crippen LogP contribution >= 0.6 is 0 Å². The van der Waals surface area contributed by atoms with Gasteiger partial charge in [0.25, 0.3) is 0 Å². The van der Waals surface area contributed by atoms with Gasteiger partial charge in [-0.25, -0.2) is 9.67 Å². The molecule has 1 atom stereocenters. The van der Waals surface area contributed by atoms with Crippen molar-refractivity contribution in [2.75, 3.05) is 13.1 Å². The molecule has 0 bridgehead atoms. The summed E-state index contributed by atoms with van der Waals surface area (Å²) in [6, 6.07) is 8.16. The topological polar surface area (TPSA) is 63.1 Å². The highest BCUT2D eigenvalue weighted by Gasteiger charge is 2.15. The summed E-state index contributed by atoms with van der Waals surface area (Å²) in [6.45, 7) is 5.73. The van der Waals surface area contributed by atoms with E-state index in [0.29, 0.717) is 6.54 Å². The molecule has 134 valence electrons. The third kappa shape index (κ3) is 5.13. The van der Waals surface area contributed by atoms with E-state index in [9.17, 15) is 4.79 Å². The molecule has 6 nitrogen and oxygen atoms in total. The first-order valence-corrected chi connectivity index (χ1v) is 9.14. The number of nitrogens with zero attached hydrogens (tertiary/aromatic N) is 4. The van der Waals surface area contributed by atoms with Gasteiger partial charge in [0, 0.05) is 13.1 Å². The molecule has 25 heavy (non-hydrogen) atoms. The average Bonchev–Trinajstić information content (AvgIpc) is 3.05. The fraction of sp³-hybridized carbons (Fsp3) is 0.526. The number of hydrogen-bond donors (Lipinski definition) is 1. The molecular formula is C19H27N5O. The van der Waals surface area contributed by atoms with Gasteiger partial charge in [0.05, 0.1) is 0 Å². The van der Waals surface area contributed by atoms with Crippen molar-refractivity contribution in [1.29, 1.82) is 0 Å². The second-order valence-electron chi connectivity index (χ2n) is 6.78. The van der Waals surface area contributed by atoms with Crippen molar-refractivity contribution < 1.29 is 4.79 Å². The summed E-state index contributed by atoms with van der Waals surface area (Å²) in [5, 5.41) is 7.00. The predicted molar refractivity (Wildman–Crippen MR) is 96.8 cm³/mol. The Morgan fingerprint density at radius 2 is 1.96 bits per heavy atom. The van der Waals surface area contributed by atoms with Crippen molar-refractivity contribution in [3.05, 3.63) is 48.0 Å². The summed E-state index contributed by atoms with van der Waals surface area (Å²) in [5.41, 5.74) is 2.45. The number of likely N-dealkylation sites (tertiary alicyclic amines) is 1. The van der Waals surface area contributed by atoms with Crippen LogP contribution < -0.4 is 5.32 Å². The summed E-state index contributed by atoms with van der Waals surface area (Å²) in [6.07, 6.45) is 8.31. The number of amides is 1. The standard InChI is InChI=1S/C19H27N5O/c1-16(24-15-20-14-22-24)19(25)21-12-17-7-6-8-18(11-17)13-23-9-4-2-3-5-10-23/h6-8,11,14-16H,2-5,9-10,12-13H2,1H3,(H,21,25). The van der Waals surface area contributed by atoms with Crippen molar-refractivity contribution in [2.24, 2.45) is 0 Å². The molecule has 1 aromatic heterocycles. The average molecular weight is 341 g/mol. The Balaban J connectivity index is 1.53.